The van der Waals surface area contributed by atoms with E-state index < -0.39 is 6.10 Å². The number of hydrogen-bond donors (Lipinski definition) is 0. The van der Waals surface area contributed by atoms with Crippen molar-refractivity contribution < 1.29 is 9.53 Å². The van der Waals surface area contributed by atoms with Crippen LogP contribution in [-0.2, 0) is 4.74 Å². The van der Waals surface area contributed by atoms with Crippen LogP contribution in [0.2, 0.25) is 0 Å². The van der Waals surface area contributed by atoms with E-state index in [9.17, 15) is 4.79 Å². The molecular weight excluding hydrogens is 282 g/mol. The molecule has 104 valence electrons. The summed E-state index contributed by atoms with van der Waals surface area (Å²) in [4.78, 5) is 16.5. The summed E-state index contributed by atoms with van der Waals surface area (Å²) >= 11 is 1.47. The van der Waals surface area contributed by atoms with Crippen LogP contribution in [0.3, 0.4) is 0 Å². The number of rotatable bonds is 4. The molecule has 2 heterocycles. The molecule has 3 nitrogen and oxygen atoms in total. The molecule has 0 amide bonds. The minimum absolute atomic E-state index is 0.337. The Balaban J connectivity index is 1.92. The lowest BCUT2D eigenvalue weighted by atomic mass is 10.1. The molecule has 0 N–H and O–H groups in total. The molecule has 0 bridgehead atoms. The van der Waals surface area contributed by atoms with Gasteiger partial charge in [0, 0.05) is 11.6 Å². The van der Waals surface area contributed by atoms with Gasteiger partial charge >= 0.3 is 5.97 Å². The minimum atomic E-state index is -0.500. The molecular formula is C17H13NO2S. The summed E-state index contributed by atoms with van der Waals surface area (Å²) in [6.07, 6.45) is 1.20. The summed E-state index contributed by atoms with van der Waals surface area (Å²) in [5.41, 5.74) is 2.18. The first kappa shape index (κ1) is 13.5. The maximum absolute atomic E-state index is 12.2. The number of thiophene rings is 1. The fourth-order valence-electron chi connectivity index (χ4n) is 2.01. The van der Waals surface area contributed by atoms with E-state index in [2.05, 4.69) is 4.98 Å². The molecule has 0 saturated carbocycles. The highest BCUT2D eigenvalue weighted by Gasteiger charge is 2.21. The Kier molecular flexibility index (Phi) is 4.07. The topological polar surface area (TPSA) is 39.2 Å². The standard InChI is InChI=1S/C17H13NO2S/c19-17(14-9-11-21-12-14)20-16(13-6-2-1-3-7-13)15-8-4-5-10-18-15/h1-12,16H. The van der Waals surface area contributed by atoms with Crippen LogP contribution in [-0.4, -0.2) is 11.0 Å². The Hall–Kier alpha value is -2.46. The third-order valence-electron chi connectivity index (χ3n) is 3.04. The summed E-state index contributed by atoms with van der Waals surface area (Å²) in [6.45, 7) is 0. The average molecular weight is 295 g/mol. The van der Waals surface area contributed by atoms with Gasteiger partial charge in [0.25, 0.3) is 0 Å². The van der Waals surface area contributed by atoms with Crippen LogP contribution >= 0.6 is 11.3 Å². The molecule has 0 aliphatic rings. The summed E-state index contributed by atoms with van der Waals surface area (Å²) in [6, 6.07) is 17.0. The number of esters is 1. The first-order valence-electron chi connectivity index (χ1n) is 6.53. The van der Waals surface area contributed by atoms with Gasteiger partial charge in [-0.3, -0.25) is 4.98 Å². The molecule has 1 aromatic carbocycles. The molecule has 1 unspecified atom stereocenters. The summed E-state index contributed by atoms with van der Waals surface area (Å²) in [5, 5.41) is 3.64. The van der Waals surface area contributed by atoms with E-state index in [0.29, 0.717) is 11.3 Å². The molecule has 0 aliphatic carbocycles. The SMILES string of the molecule is O=C(OC(c1ccccc1)c1ccccn1)c1ccsc1. The van der Waals surface area contributed by atoms with Gasteiger partial charge in [-0.2, -0.15) is 11.3 Å². The Morgan fingerprint density at radius 1 is 1.05 bits per heavy atom. The van der Waals surface area contributed by atoms with Crippen LogP contribution in [0, 0.1) is 0 Å². The maximum Gasteiger partial charge on any atom is 0.339 e. The Labute approximate surface area is 126 Å². The highest BCUT2D eigenvalue weighted by Crippen LogP contribution is 2.25. The van der Waals surface area contributed by atoms with Gasteiger partial charge in [-0.15, -0.1) is 0 Å². The zero-order chi connectivity index (χ0) is 14.5. The normalized spacial score (nSPS) is 11.8. The average Bonchev–Trinajstić information content (AvgIpc) is 3.09. The van der Waals surface area contributed by atoms with Crippen LogP contribution in [0.5, 0.6) is 0 Å². The monoisotopic (exact) mass is 295 g/mol. The van der Waals surface area contributed by atoms with Gasteiger partial charge in [0.1, 0.15) is 0 Å². The molecule has 3 rings (SSSR count). The molecule has 4 heteroatoms. The molecule has 3 aromatic rings. The van der Waals surface area contributed by atoms with Gasteiger partial charge < -0.3 is 4.74 Å². The first-order chi connectivity index (χ1) is 10.3. The molecule has 0 radical (unpaired) electrons. The van der Waals surface area contributed by atoms with Gasteiger partial charge in [0.05, 0.1) is 11.3 Å². The van der Waals surface area contributed by atoms with Crippen LogP contribution in [0.4, 0.5) is 0 Å². The van der Waals surface area contributed by atoms with Crippen LogP contribution in [0.25, 0.3) is 0 Å². The van der Waals surface area contributed by atoms with E-state index in [0.717, 1.165) is 5.56 Å². The van der Waals surface area contributed by atoms with Crippen molar-refractivity contribution in [1.82, 2.24) is 4.98 Å². The van der Waals surface area contributed by atoms with Crippen molar-refractivity contribution in [2.45, 2.75) is 6.10 Å². The molecule has 0 aliphatic heterocycles. The van der Waals surface area contributed by atoms with Crippen LogP contribution in [0.15, 0.2) is 71.6 Å². The van der Waals surface area contributed by atoms with Gasteiger partial charge in [-0.05, 0) is 29.1 Å². The number of ether oxygens (including phenoxy) is 1. The smallest absolute Gasteiger partial charge is 0.339 e. The van der Waals surface area contributed by atoms with Crippen LogP contribution in [0.1, 0.15) is 27.7 Å². The number of hydrogen-bond acceptors (Lipinski definition) is 4. The Bertz CT molecular complexity index is 657. The molecule has 2 aromatic heterocycles. The van der Waals surface area contributed by atoms with Gasteiger partial charge in [0.2, 0.25) is 0 Å². The van der Waals surface area contributed by atoms with Crippen molar-refractivity contribution in [2.24, 2.45) is 0 Å². The highest BCUT2D eigenvalue weighted by molar-refractivity contribution is 7.08. The number of pyridine rings is 1. The fourth-order valence-corrected chi connectivity index (χ4v) is 2.64. The van der Waals surface area contributed by atoms with Gasteiger partial charge in [0.15, 0.2) is 6.10 Å². The van der Waals surface area contributed by atoms with Crippen molar-refractivity contribution in [3.8, 4) is 0 Å². The predicted octanol–water partition coefficient (Wildman–Crippen LogP) is 4.09. The predicted molar refractivity (Wildman–Crippen MR) is 82.3 cm³/mol. The van der Waals surface area contributed by atoms with E-state index in [1.807, 2.05) is 53.9 Å². The van der Waals surface area contributed by atoms with Gasteiger partial charge in [-0.25, -0.2) is 4.79 Å². The zero-order valence-corrected chi connectivity index (χ0v) is 12.0. The van der Waals surface area contributed by atoms with Crippen molar-refractivity contribution in [2.75, 3.05) is 0 Å². The highest BCUT2D eigenvalue weighted by atomic mass is 32.1. The second-order valence-corrected chi connectivity index (χ2v) is 5.24. The minimum Gasteiger partial charge on any atom is -0.447 e. The van der Waals surface area contributed by atoms with Crippen molar-refractivity contribution in [3.05, 3.63) is 88.4 Å². The van der Waals surface area contributed by atoms with Gasteiger partial charge in [-0.1, -0.05) is 36.4 Å². The lowest BCUT2D eigenvalue weighted by molar-refractivity contribution is 0.0371. The number of benzene rings is 1. The molecule has 0 saturated heterocycles. The second-order valence-electron chi connectivity index (χ2n) is 4.46. The Morgan fingerprint density at radius 3 is 2.52 bits per heavy atom. The maximum atomic E-state index is 12.2. The van der Waals surface area contributed by atoms with Crippen molar-refractivity contribution in [3.63, 3.8) is 0 Å². The third-order valence-corrected chi connectivity index (χ3v) is 3.72. The lowest BCUT2D eigenvalue weighted by Gasteiger charge is -2.17. The second kappa shape index (κ2) is 6.33. The van der Waals surface area contributed by atoms with E-state index in [1.54, 1.807) is 17.6 Å². The third kappa shape index (κ3) is 3.17. The van der Waals surface area contributed by atoms with Crippen molar-refractivity contribution in [1.29, 1.82) is 0 Å². The van der Waals surface area contributed by atoms with Crippen LogP contribution < -0.4 is 0 Å². The first-order valence-corrected chi connectivity index (χ1v) is 7.48. The summed E-state index contributed by atoms with van der Waals surface area (Å²) in [7, 11) is 0. The Morgan fingerprint density at radius 2 is 1.86 bits per heavy atom. The summed E-state index contributed by atoms with van der Waals surface area (Å²) < 4.78 is 5.67. The molecule has 21 heavy (non-hydrogen) atoms. The van der Waals surface area contributed by atoms with E-state index in [-0.39, 0.29) is 5.97 Å². The van der Waals surface area contributed by atoms with Crippen molar-refractivity contribution >= 4 is 17.3 Å². The largest absolute Gasteiger partial charge is 0.447 e. The number of carbonyl (C=O) groups excluding carboxylic acids is 1. The van der Waals surface area contributed by atoms with E-state index >= 15 is 0 Å². The quantitative estimate of drug-likeness (QED) is 0.681. The number of nitrogens with zero attached hydrogens (tertiary/aromatic N) is 1. The summed E-state index contributed by atoms with van der Waals surface area (Å²) in [5.74, 6) is -0.337. The molecule has 0 spiro atoms. The lowest BCUT2D eigenvalue weighted by Crippen LogP contribution is -2.13. The molecule has 1 atom stereocenters. The molecule has 0 fully saturated rings. The van der Waals surface area contributed by atoms with E-state index in [4.69, 9.17) is 4.74 Å². The zero-order valence-electron chi connectivity index (χ0n) is 11.2. The number of aromatic nitrogens is 1. The number of carbonyl (C=O) groups is 1. The fraction of sp³-hybridized carbons (Fsp3) is 0.0588. The van der Waals surface area contributed by atoms with E-state index in [1.165, 1.54) is 11.3 Å².